The summed E-state index contributed by atoms with van der Waals surface area (Å²) in [6, 6.07) is 6.01. The molecule has 104 valence electrons. The fraction of sp³-hybridized carbons (Fsp3) is 0.364. The maximum absolute atomic E-state index is 10.9. The zero-order valence-corrected chi connectivity index (χ0v) is 11.1. The molecule has 7 nitrogen and oxygen atoms in total. The van der Waals surface area contributed by atoms with Crippen molar-refractivity contribution in [1.29, 1.82) is 0 Å². The average Bonchev–Trinajstić information content (AvgIpc) is 2.39. The number of non-ortho nitro benzene ring substituents is 1. The van der Waals surface area contributed by atoms with Gasteiger partial charge >= 0.3 is 6.09 Å². The van der Waals surface area contributed by atoms with E-state index in [1.165, 1.54) is 12.1 Å². The minimum atomic E-state index is -0.480. The van der Waals surface area contributed by atoms with Crippen molar-refractivity contribution in [2.75, 3.05) is 19.8 Å². The van der Waals surface area contributed by atoms with Crippen LogP contribution in [0.4, 0.5) is 10.5 Å². The summed E-state index contributed by atoms with van der Waals surface area (Å²) in [5.41, 5.74) is 0.0355. The zero-order valence-electron chi connectivity index (χ0n) is 10.3. The number of nitro groups is 1. The van der Waals surface area contributed by atoms with Crippen molar-refractivity contribution in [3.63, 3.8) is 0 Å². The molecule has 1 rings (SSSR count). The molecule has 0 atom stereocenters. The van der Waals surface area contributed by atoms with Gasteiger partial charge in [0, 0.05) is 35.6 Å². The Labute approximate surface area is 114 Å². The minimum Gasteiger partial charge on any atom is -0.450 e. The number of carbonyl (C=O) groups excluding carboxylic acids is 1. The lowest BCUT2D eigenvalue weighted by Crippen LogP contribution is -2.27. The number of rotatable bonds is 7. The van der Waals surface area contributed by atoms with Gasteiger partial charge in [-0.15, -0.1) is 0 Å². The monoisotopic (exact) mass is 286 g/mol. The standard InChI is InChI=1S/C11H14N2O5S/c1-2-17-11(14)12-7-8-18-19-10-5-3-9(4-6-10)13(15)16/h3-6H,2,7-8H2,1H3,(H,12,14). The van der Waals surface area contributed by atoms with Crippen LogP contribution in [0.5, 0.6) is 0 Å². The van der Waals surface area contributed by atoms with Crippen molar-refractivity contribution in [3.8, 4) is 0 Å². The number of nitrogens with zero attached hydrogens (tertiary/aromatic N) is 1. The van der Waals surface area contributed by atoms with Gasteiger partial charge in [0.15, 0.2) is 0 Å². The molecule has 0 unspecified atom stereocenters. The molecule has 0 bridgehead atoms. The SMILES string of the molecule is CCOC(=O)NCCOSc1ccc([N+](=O)[O-])cc1. The zero-order chi connectivity index (χ0) is 14.1. The van der Waals surface area contributed by atoms with Crippen LogP contribution in [0.25, 0.3) is 0 Å². The van der Waals surface area contributed by atoms with Crippen LogP contribution in [-0.2, 0) is 8.92 Å². The third kappa shape index (κ3) is 6.07. The fourth-order valence-electron chi connectivity index (χ4n) is 1.11. The van der Waals surface area contributed by atoms with E-state index in [0.29, 0.717) is 19.8 Å². The van der Waals surface area contributed by atoms with Crippen LogP contribution in [0.2, 0.25) is 0 Å². The first-order valence-corrected chi connectivity index (χ1v) is 6.32. The second-order valence-corrected chi connectivity index (χ2v) is 4.18. The Morgan fingerprint density at radius 2 is 2.11 bits per heavy atom. The number of hydrogen-bond acceptors (Lipinski definition) is 6. The van der Waals surface area contributed by atoms with Crippen LogP contribution < -0.4 is 5.32 Å². The summed E-state index contributed by atoms with van der Waals surface area (Å²) < 4.78 is 9.89. The Morgan fingerprint density at radius 3 is 2.68 bits per heavy atom. The van der Waals surface area contributed by atoms with E-state index in [4.69, 9.17) is 4.18 Å². The van der Waals surface area contributed by atoms with Crippen LogP contribution >= 0.6 is 12.0 Å². The molecule has 0 saturated heterocycles. The normalized spacial score (nSPS) is 9.95. The Hall–Kier alpha value is -1.80. The summed E-state index contributed by atoms with van der Waals surface area (Å²) in [4.78, 5) is 21.7. The van der Waals surface area contributed by atoms with Gasteiger partial charge in [-0.2, -0.15) is 0 Å². The topological polar surface area (TPSA) is 90.7 Å². The number of ether oxygens (including phenoxy) is 1. The predicted octanol–water partition coefficient (Wildman–Crippen LogP) is 2.36. The maximum atomic E-state index is 10.9. The summed E-state index contributed by atoms with van der Waals surface area (Å²) >= 11 is 1.09. The van der Waals surface area contributed by atoms with Crippen LogP contribution in [-0.4, -0.2) is 30.8 Å². The van der Waals surface area contributed by atoms with E-state index in [1.807, 2.05) is 0 Å². The molecule has 0 saturated carbocycles. The van der Waals surface area contributed by atoms with E-state index in [-0.39, 0.29) is 5.69 Å². The second-order valence-electron chi connectivity index (χ2n) is 3.30. The lowest BCUT2D eigenvalue weighted by Gasteiger charge is -2.05. The highest BCUT2D eigenvalue weighted by Gasteiger charge is 2.04. The molecule has 0 aliphatic rings. The van der Waals surface area contributed by atoms with Gasteiger partial charge in [0.1, 0.15) is 0 Å². The predicted molar refractivity (Wildman–Crippen MR) is 69.9 cm³/mol. The van der Waals surface area contributed by atoms with Crippen molar-refractivity contribution < 1.29 is 18.6 Å². The fourth-order valence-corrected chi connectivity index (χ4v) is 1.66. The number of alkyl carbamates (subject to hydrolysis) is 1. The number of carbonyl (C=O) groups is 1. The molecule has 0 aliphatic carbocycles. The summed E-state index contributed by atoms with van der Waals surface area (Å²) in [7, 11) is 0. The molecular formula is C11H14N2O5S. The smallest absolute Gasteiger partial charge is 0.407 e. The van der Waals surface area contributed by atoms with E-state index in [9.17, 15) is 14.9 Å². The quantitative estimate of drug-likeness (QED) is 0.358. The number of nitrogens with one attached hydrogen (secondary N) is 1. The highest BCUT2D eigenvalue weighted by molar-refractivity contribution is 7.94. The molecule has 0 heterocycles. The van der Waals surface area contributed by atoms with Crippen LogP contribution in [0.15, 0.2) is 29.2 Å². The highest BCUT2D eigenvalue weighted by Crippen LogP contribution is 2.21. The summed E-state index contributed by atoms with van der Waals surface area (Å²) in [5, 5.41) is 12.9. The van der Waals surface area contributed by atoms with E-state index in [1.54, 1.807) is 19.1 Å². The van der Waals surface area contributed by atoms with Crippen molar-refractivity contribution in [2.45, 2.75) is 11.8 Å². The molecule has 0 spiro atoms. The first kappa shape index (κ1) is 15.3. The van der Waals surface area contributed by atoms with E-state index >= 15 is 0 Å². The number of benzene rings is 1. The van der Waals surface area contributed by atoms with E-state index in [0.717, 1.165) is 16.9 Å². The van der Waals surface area contributed by atoms with Gasteiger partial charge in [0.05, 0.1) is 18.1 Å². The van der Waals surface area contributed by atoms with Crippen LogP contribution in [0, 0.1) is 10.1 Å². The Morgan fingerprint density at radius 1 is 1.42 bits per heavy atom. The largest absolute Gasteiger partial charge is 0.450 e. The Bertz CT molecular complexity index is 424. The van der Waals surface area contributed by atoms with Gasteiger partial charge in [-0.25, -0.2) is 4.79 Å². The van der Waals surface area contributed by atoms with Crippen molar-refractivity contribution in [1.82, 2.24) is 5.32 Å². The van der Waals surface area contributed by atoms with Crippen LogP contribution in [0.3, 0.4) is 0 Å². The second kappa shape index (κ2) is 8.33. The van der Waals surface area contributed by atoms with Crippen molar-refractivity contribution in [2.24, 2.45) is 0 Å². The minimum absolute atomic E-state index is 0.0355. The first-order valence-electron chi connectivity index (χ1n) is 5.58. The molecule has 1 aromatic carbocycles. The molecular weight excluding hydrogens is 272 g/mol. The average molecular weight is 286 g/mol. The van der Waals surface area contributed by atoms with Gasteiger partial charge in [-0.3, -0.25) is 10.1 Å². The summed E-state index contributed by atoms with van der Waals surface area (Å²) in [5.74, 6) is 0. The van der Waals surface area contributed by atoms with E-state index < -0.39 is 11.0 Å². The Kier molecular flexibility index (Phi) is 6.69. The van der Waals surface area contributed by atoms with Gasteiger partial charge in [0.25, 0.3) is 5.69 Å². The number of nitro benzene ring substituents is 1. The van der Waals surface area contributed by atoms with Gasteiger partial charge in [-0.1, -0.05) is 0 Å². The molecule has 0 aromatic heterocycles. The lowest BCUT2D eigenvalue weighted by atomic mass is 10.3. The highest BCUT2D eigenvalue weighted by atomic mass is 32.2. The molecule has 8 heteroatoms. The van der Waals surface area contributed by atoms with Crippen molar-refractivity contribution >= 4 is 23.8 Å². The number of hydrogen-bond donors (Lipinski definition) is 1. The van der Waals surface area contributed by atoms with Gasteiger partial charge in [0.2, 0.25) is 0 Å². The molecule has 19 heavy (non-hydrogen) atoms. The molecule has 0 aliphatic heterocycles. The lowest BCUT2D eigenvalue weighted by molar-refractivity contribution is -0.384. The molecule has 1 N–H and O–H groups in total. The van der Waals surface area contributed by atoms with Crippen LogP contribution in [0.1, 0.15) is 6.92 Å². The number of amides is 1. The summed E-state index contributed by atoms with van der Waals surface area (Å²) in [6.07, 6.45) is -0.480. The van der Waals surface area contributed by atoms with Gasteiger partial charge in [-0.05, 0) is 19.1 Å². The molecule has 1 amide bonds. The van der Waals surface area contributed by atoms with Gasteiger partial charge < -0.3 is 14.2 Å². The van der Waals surface area contributed by atoms with E-state index in [2.05, 4.69) is 10.1 Å². The first-order chi connectivity index (χ1) is 9.13. The summed E-state index contributed by atoms with van der Waals surface area (Å²) in [6.45, 7) is 2.68. The molecule has 1 aromatic rings. The molecule has 0 radical (unpaired) electrons. The third-order valence-electron chi connectivity index (χ3n) is 1.93. The maximum Gasteiger partial charge on any atom is 0.407 e. The van der Waals surface area contributed by atoms with Crippen molar-refractivity contribution in [3.05, 3.63) is 34.4 Å². The Balaban J connectivity index is 2.19. The molecule has 0 fully saturated rings. The third-order valence-corrected chi connectivity index (χ3v) is 2.68.